The minimum atomic E-state index is -1.20. The predicted octanol–water partition coefficient (Wildman–Crippen LogP) is 5.05. The molecule has 0 aromatic heterocycles. The van der Waals surface area contributed by atoms with Crippen molar-refractivity contribution in [1.82, 2.24) is 0 Å². The van der Waals surface area contributed by atoms with Gasteiger partial charge in [0.1, 0.15) is 5.75 Å². The summed E-state index contributed by atoms with van der Waals surface area (Å²) in [7, 11) is 0. The molecule has 0 spiro atoms. The lowest BCUT2D eigenvalue weighted by molar-refractivity contribution is 0.0669. The van der Waals surface area contributed by atoms with Gasteiger partial charge in [0.25, 0.3) is 0 Å². The number of carboxylic acids is 1. The third kappa shape index (κ3) is 5.90. The lowest BCUT2D eigenvalue weighted by atomic mass is 9.97. The van der Waals surface area contributed by atoms with Crippen molar-refractivity contribution in [2.24, 2.45) is 0 Å². The van der Waals surface area contributed by atoms with Crippen molar-refractivity contribution in [3.05, 3.63) is 64.7 Å². The highest BCUT2D eigenvalue weighted by atomic mass is 16.5. The number of carbonyl (C=O) groups excluding carboxylic acids is 1. The summed E-state index contributed by atoms with van der Waals surface area (Å²) in [5.74, 6) is -1.89. The first-order chi connectivity index (χ1) is 14.4. The molecule has 2 atom stereocenters. The number of rotatable bonds is 11. The summed E-state index contributed by atoms with van der Waals surface area (Å²) in [4.78, 5) is 24.6. The highest BCUT2D eigenvalue weighted by Crippen LogP contribution is 2.33. The number of unbranched alkanes of at least 4 members (excludes halogenated alkanes) is 2. The number of esters is 1. The lowest BCUT2D eigenvalue weighted by Crippen LogP contribution is -2.16. The van der Waals surface area contributed by atoms with Crippen molar-refractivity contribution in [2.45, 2.75) is 64.6 Å². The van der Waals surface area contributed by atoms with E-state index in [4.69, 9.17) is 4.74 Å². The summed E-state index contributed by atoms with van der Waals surface area (Å²) < 4.78 is 5.55. The molecular weight excluding hydrogens is 384 g/mol. The molecule has 30 heavy (non-hydrogen) atoms. The van der Waals surface area contributed by atoms with Crippen LogP contribution >= 0.6 is 0 Å². The zero-order valence-electron chi connectivity index (χ0n) is 17.5. The van der Waals surface area contributed by atoms with E-state index >= 15 is 0 Å². The number of benzene rings is 2. The Bertz CT molecular complexity index is 861. The fourth-order valence-electron chi connectivity index (χ4n) is 3.39. The monoisotopic (exact) mass is 414 g/mol. The molecule has 0 aliphatic carbocycles. The van der Waals surface area contributed by atoms with E-state index in [1.165, 1.54) is 18.2 Å². The minimum Gasteiger partial charge on any atom is -0.478 e. The van der Waals surface area contributed by atoms with Crippen molar-refractivity contribution < 1.29 is 29.6 Å². The summed E-state index contributed by atoms with van der Waals surface area (Å²) in [6.07, 6.45) is 2.30. The van der Waals surface area contributed by atoms with Gasteiger partial charge >= 0.3 is 11.9 Å². The smallest absolute Gasteiger partial charge is 0.343 e. The van der Waals surface area contributed by atoms with Gasteiger partial charge in [-0.05, 0) is 36.6 Å². The number of carboxylic acid groups (broad SMARTS) is 1. The van der Waals surface area contributed by atoms with Gasteiger partial charge in [0.05, 0.1) is 23.3 Å². The second-order valence-corrected chi connectivity index (χ2v) is 7.32. The van der Waals surface area contributed by atoms with E-state index in [2.05, 4.69) is 0 Å². The lowest BCUT2D eigenvalue weighted by Gasteiger charge is -2.19. The molecule has 0 fully saturated rings. The molecular formula is C24H30O6. The number of aliphatic hydroxyl groups is 2. The van der Waals surface area contributed by atoms with Crippen LogP contribution in [0.5, 0.6) is 5.75 Å². The average Bonchev–Trinajstić information content (AvgIpc) is 2.75. The fraction of sp³-hybridized carbons (Fsp3) is 0.417. The fourth-order valence-corrected chi connectivity index (χ4v) is 3.39. The van der Waals surface area contributed by atoms with E-state index in [9.17, 15) is 24.9 Å². The van der Waals surface area contributed by atoms with Crippen LogP contribution in [0.1, 0.15) is 96.4 Å². The van der Waals surface area contributed by atoms with Crippen LogP contribution in [0, 0.1) is 0 Å². The average molecular weight is 414 g/mol. The molecule has 0 aliphatic rings. The van der Waals surface area contributed by atoms with Crippen molar-refractivity contribution in [3.8, 4) is 5.75 Å². The first-order valence-electron chi connectivity index (χ1n) is 10.4. The molecule has 162 valence electrons. The Morgan fingerprint density at radius 3 is 2.10 bits per heavy atom. The molecule has 3 N–H and O–H groups in total. The molecule has 0 radical (unpaired) electrons. The molecule has 0 bridgehead atoms. The molecule has 0 aliphatic heterocycles. The van der Waals surface area contributed by atoms with Crippen LogP contribution in [0.15, 0.2) is 42.5 Å². The van der Waals surface area contributed by atoms with Gasteiger partial charge in [0.2, 0.25) is 0 Å². The number of ether oxygens (including phenoxy) is 1. The van der Waals surface area contributed by atoms with Crippen LogP contribution in [0.2, 0.25) is 0 Å². The van der Waals surface area contributed by atoms with E-state index in [-0.39, 0.29) is 22.4 Å². The van der Waals surface area contributed by atoms with Gasteiger partial charge in [-0.25, -0.2) is 9.59 Å². The van der Waals surface area contributed by atoms with E-state index in [0.717, 1.165) is 19.3 Å². The number of hydrogen-bond acceptors (Lipinski definition) is 5. The maximum absolute atomic E-state index is 12.9. The number of aromatic carboxylic acids is 1. The van der Waals surface area contributed by atoms with Crippen LogP contribution in [-0.4, -0.2) is 27.3 Å². The van der Waals surface area contributed by atoms with Crippen LogP contribution in [0.4, 0.5) is 0 Å². The van der Waals surface area contributed by atoms with Crippen molar-refractivity contribution in [3.63, 3.8) is 0 Å². The third-order valence-electron chi connectivity index (χ3n) is 5.03. The molecule has 0 heterocycles. The van der Waals surface area contributed by atoms with Gasteiger partial charge in [-0.3, -0.25) is 0 Å². The highest BCUT2D eigenvalue weighted by molar-refractivity contribution is 5.94. The third-order valence-corrected chi connectivity index (χ3v) is 5.03. The largest absolute Gasteiger partial charge is 0.478 e. The number of hydrogen-bond donors (Lipinski definition) is 3. The van der Waals surface area contributed by atoms with E-state index in [0.29, 0.717) is 24.8 Å². The zero-order valence-corrected chi connectivity index (χ0v) is 17.5. The second kappa shape index (κ2) is 11.5. The summed E-state index contributed by atoms with van der Waals surface area (Å²) in [5, 5.41) is 30.6. The number of carbonyl (C=O) groups is 2. The van der Waals surface area contributed by atoms with Crippen molar-refractivity contribution in [1.29, 1.82) is 0 Å². The summed E-state index contributed by atoms with van der Waals surface area (Å²) in [6, 6.07) is 11.0. The van der Waals surface area contributed by atoms with Crippen molar-refractivity contribution in [2.75, 3.05) is 0 Å². The van der Waals surface area contributed by atoms with Gasteiger partial charge in [0.15, 0.2) is 0 Å². The molecule has 6 heteroatoms. The maximum Gasteiger partial charge on any atom is 0.343 e. The van der Waals surface area contributed by atoms with E-state index in [1.807, 2.05) is 13.8 Å². The van der Waals surface area contributed by atoms with Gasteiger partial charge in [-0.2, -0.15) is 0 Å². The second-order valence-electron chi connectivity index (χ2n) is 7.32. The predicted molar refractivity (Wildman–Crippen MR) is 114 cm³/mol. The Balaban J connectivity index is 2.38. The van der Waals surface area contributed by atoms with Crippen LogP contribution in [0.25, 0.3) is 0 Å². The molecule has 0 amide bonds. The Morgan fingerprint density at radius 2 is 1.47 bits per heavy atom. The van der Waals surface area contributed by atoms with E-state index in [1.54, 1.807) is 24.3 Å². The Morgan fingerprint density at radius 1 is 0.867 bits per heavy atom. The van der Waals surface area contributed by atoms with Crippen LogP contribution in [-0.2, 0) is 0 Å². The SMILES string of the molecule is CCCCC(O)c1ccccc1C(=O)Oc1cccc(C(=O)O)c1C(O)CCCC. The summed E-state index contributed by atoms with van der Waals surface area (Å²) >= 11 is 0. The van der Waals surface area contributed by atoms with Crippen LogP contribution in [0.3, 0.4) is 0 Å². The van der Waals surface area contributed by atoms with Gasteiger partial charge in [0, 0.05) is 5.56 Å². The van der Waals surface area contributed by atoms with Gasteiger partial charge in [-0.15, -0.1) is 0 Å². The Labute approximate surface area is 177 Å². The quantitative estimate of drug-likeness (QED) is 0.351. The van der Waals surface area contributed by atoms with Crippen LogP contribution < -0.4 is 4.74 Å². The summed E-state index contributed by atoms with van der Waals surface area (Å²) in [6.45, 7) is 3.99. The summed E-state index contributed by atoms with van der Waals surface area (Å²) in [5.41, 5.74) is 0.685. The normalized spacial score (nSPS) is 12.9. The zero-order chi connectivity index (χ0) is 22.1. The number of aliphatic hydroxyl groups excluding tert-OH is 2. The standard InChI is InChI=1S/C24H30O6/c1-3-5-13-19(25)16-10-7-8-11-17(16)24(29)30-21-15-9-12-18(23(27)28)22(21)20(26)14-6-4-2/h7-12,15,19-20,25-26H,3-6,13-14H2,1-2H3,(H,27,28). The molecule has 2 unspecified atom stereocenters. The molecule has 0 saturated heterocycles. The molecule has 6 nitrogen and oxygen atoms in total. The Hall–Kier alpha value is -2.70. The molecule has 2 aromatic rings. The van der Waals surface area contributed by atoms with Gasteiger partial charge in [-0.1, -0.05) is 63.8 Å². The molecule has 2 rings (SSSR count). The topological polar surface area (TPSA) is 104 Å². The maximum atomic E-state index is 12.9. The van der Waals surface area contributed by atoms with Gasteiger partial charge < -0.3 is 20.1 Å². The van der Waals surface area contributed by atoms with Crippen molar-refractivity contribution >= 4 is 11.9 Å². The molecule has 2 aromatic carbocycles. The molecule has 0 saturated carbocycles. The Kier molecular flexibility index (Phi) is 9.02. The first-order valence-corrected chi connectivity index (χ1v) is 10.4. The highest BCUT2D eigenvalue weighted by Gasteiger charge is 2.25. The first kappa shape index (κ1) is 23.6. The van der Waals surface area contributed by atoms with E-state index < -0.39 is 24.1 Å². The minimum absolute atomic E-state index is 0.0151.